The molecule has 0 radical (unpaired) electrons. The molecular weight excluding hydrogens is 356 g/mol. The van der Waals surface area contributed by atoms with Crippen LogP contribution in [0.2, 0.25) is 0 Å². The number of hydrogen-bond acceptors (Lipinski definition) is 6. The predicted octanol–water partition coefficient (Wildman–Crippen LogP) is 2.67. The summed E-state index contributed by atoms with van der Waals surface area (Å²) in [6.07, 6.45) is 0.0964. The van der Waals surface area contributed by atoms with Crippen molar-refractivity contribution >= 4 is 27.9 Å². The van der Waals surface area contributed by atoms with Crippen LogP contribution in [-0.2, 0) is 28.5 Å². The number of esters is 2. The Hall–Kier alpha value is -0.660. The minimum absolute atomic E-state index is 0.00690. The van der Waals surface area contributed by atoms with Gasteiger partial charge in [0.2, 0.25) is 0 Å². The minimum Gasteiger partial charge on any atom is -0.465 e. The van der Waals surface area contributed by atoms with Crippen LogP contribution in [0.15, 0.2) is 0 Å². The molecule has 0 aromatic heterocycles. The van der Waals surface area contributed by atoms with Crippen molar-refractivity contribution in [1.29, 1.82) is 0 Å². The quantitative estimate of drug-likeness (QED) is 0.310. The van der Waals surface area contributed by atoms with Crippen LogP contribution in [0.3, 0.4) is 0 Å². The van der Waals surface area contributed by atoms with Gasteiger partial charge in [0.15, 0.2) is 6.29 Å². The molecule has 6 nitrogen and oxygen atoms in total. The van der Waals surface area contributed by atoms with Crippen molar-refractivity contribution < 1.29 is 28.5 Å². The maximum atomic E-state index is 11.8. The molecule has 0 saturated carbocycles. The summed E-state index contributed by atoms with van der Waals surface area (Å²) >= 11 is 3.20. The lowest BCUT2D eigenvalue weighted by molar-refractivity contribution is -0.163. The fourth-order valence-electron chi connectivity index (χ4n) is 1.42. The zero-order valence-electron chi connectivity index (χ0n) is 14.0. The van der Waals surface area contributed by atoms with Crippen molar-refractivity contribution in [3.05, 3.63) is 0 Å². The molecule has 130 valence electrons. The van der Waals surface area contributed by atoms with E-state index in [1.165, 1.54) is 0 Å². The van der Waals surface area contributed by atoms with Crippen LogP contribution in [-0.4, -0.2) is 49.0 Å². The highest BCUT2D eigenvalue weighted by molar-refractivity contribution is 9.10. The van der Waals surface area contributed by atoms with E-state index in [0.717, 1.165) is 0 Å². The van der Waals surface area contributed by atoms with Crippen molar-refractivity contribution in [2.45, 2.75) is 51.7 Å². The molecule has 0 aliphatic carbocycles. The molecule has 7 heteroatoms. The Bertz CT molecular complexity index is 333. The summed E-state index contributed by atoms with van der Waals surface area (Å²) in [6.45, 7) is 10.0. The van der Waals surface area contributed by atoms with Crippen LogP contribution in [0, 0.1) is 5.92 Å². The van der Waals surface area contributed by atoms with Gasteiger partial charge in [0.25, 0.3) is 0 Å². The molecule has 0 aromatic rings. The molecule has 0 aliphatic rings. The van der Waals surface area contributed by atoms with Crippen LogP contribution < -0.4 is 0 Å². The highest BCUT2D eigenvalue weighted by Gasteiger charge is 2.27. The third kappa shape index (κ3) is 9.38. The summed E-state index contributed by atoms with van der Waals surface area (Å²) in [6, 6.07) is 0. The topological polar surface area (TPSA) is 71.1 Å². The van der Waals surface area contributed by atoms with Gasteiger partial charge in [0.05, 0.1) is 12.5 Å². The lowest BCUT2D eigenvalue weighted by Gasteiger charge is -2.19. The Kier molecular flexibility index (Phi) is 10.6. The van der Waals surface area contributed by atoms with E-state index in [1.807, 2.05) is 13.8 Å². The van der Waals surface area contributed by atoms with Gasteiger partial charge in [-0.3, -0.25) is 9.59 Å². The van der Waals surface area contributed by atoms with Gasteiger partial charge in [-0.05, 0) is 34.6 Å². The highest BCUT2D eigenvalue weighted by Crippen LogP contribution is 2.18. The first kappa shape index (κ1) is 21.3. The van der Waals surface area contributed by atoms with Gasteiger partial charge in [0.1, 0.15) is 10.9 Å². The molecule has 1 unspecified atom stereocenters. The standard InChI is InChI=1S/C15H27BrO6/c1-6-19-12(20-7-2)8-9-21-13(17)11(3)10-22-14(18)15(4,5)16/h11-12H,6-10H2,1-5H3. The summed E-state index contributed by atoms with van der Waals surface area (Å²) < 4.78 is 20.1. The number of alkyl halides is 1. The van der Waals surface area contributed by atoms with Crippen LogP contribution in [0.5, 0.6) is 0 Å². The summed E-state index contributed by atoms with van der Waals surface area (Å²) in [5, 5.41) is 0. The third-order valence-corrected chi connectivity index (χ3v) is 2.98. The van der Waals surface area contributed by atoms with Crippen LogP contribution in [0.4, 0.5) is 0 Å². The van der Waals surface area contributed by atoms with Gasteiger partial charge in [-0.25, -0.2) is 0 Å². The molecule has 0 N–H and O–H groups in total. The van der Waals surface area contributed by atoms with Crippen LogP contribution >= 0.6 is 15.9 Å². The molecule has 1 atom stereocenters. The van der Waals surface area contributed by atoms with Crippen molar-refractivity contribution in [3.63, 3.8) is 0 Å². The molecule has 0 heterocycles. The van der Waals surface area contributed by atoms with Crippen molar-refractivity contribution in [1.82, 2.24) is 0 Å². The molecule has 0 rings (SSSR count). The van der Waals surface area contributed by atoms with E-state index in [1.54, 1.807) is 20.8 Å². The number of hydrogen-bond donors (Lipinski definition) is 0. The second kappa shape index (κ2) is 11.0. The molecule has 0 aromatic carbocycles. The monoisotopic (exact) mass is 382 g/mol. The molecule has 0 bridgehead atoms. The van der Waals surface area contributed by atoms with Gasteiger partial charge < -0.3 is 18.9 Å². The molecule has 0 fully saturated rings. The third-order valence-electron chi connectivity index (χ3n) is 2.66. The zero-order valence-corrected chi connectivity index (χ0v) is 15.6. The average molecular weight is 383 g/mol. The van der Waals surface area contributed by atoms with Crippen molar-refractivity contribution in [3.8, 4) is 0 Å². The van der Waals surface area contributed by atoms with E-state index in [0.29, 0.717) is 19.6 Å². The zero-order chi connectivity index (χ0) is 17.2. The van der Waals surface area contributed by atoms with E-state index in [-0.39, 0.29) is 19.5 Å². The molecule has 0 amide bonds. The normalized spacial score (nSPS) is 13.0. The molecule has 0 spiro atoms. The van der Waals surface area contributed by atoms with E-state index in [9.17, 15) is 9.59 Å². The lowest BCUT2D eigenvalue weighted by Crippen LogP contribution is -2.30. The molecular formula is C15H27BrO6. The van der Waals surface area contributed by atoms with E-state index in [2.05, 4.69) is 15.9 Å². The lowest BCUT2D eigenvalue weighted by atomic mass is 10.2. The number of carbonyl (C=O) groups excluding carboxylic acids is 2. The van der Waals surface area contributed by atoms with Gasteiger partial charge in [-0.15, -0.1) is 0 Å². The Morgan fingerprint density at radius 3 is 2.09 bits per heavy atom. The maximum Gasteiger partial charge on any atom is 0.322 e. The molecule has 22 heavy (non-hydrogen) atoms. The fourth-order valence-corrected chi connectivity index (χ4v) is 1.54. The fraction of sp³-hybridized carbons (Fsp3) is 0.867. The minimum atomic E-state index is -0.765. The van der Waals surface area contributed by atoms with Gasteiger partial charge in [-0.2, -0.15) is 0 Å². The SMILES string of the molecule is CCOC(CCOC(=O)C(C)COC(=O)C(C)(C)Br)OCC. The Morgan fingerprint density at radius 2 is 1.64 bits per heavy atom. The Morgan fingerprint density at radius 1 is 1.09 bits per heavy atom. The highest BCUT2D eigenvalue weighted by atomic mass is 79.9. The first-order valence-corrected chi connectivity index (χ1v) is 8.27. The van der Waals surface area contributed by atoms with Crippen LogP contribution in [0.25, 0.3) is 0 Å². The van der Waals surface area contributed by atoms with E-state index >= 15 is 0 Å². The summed E-state index contributed by atoms with van der Waals surface area (Å²) in [5.74, 6) is -1.34. The van der Waals surface area contributed by atoms with Crippen LogP contribution in [0.1, 0.15) is 41.0 Å². The second-order valence-electron chi connectivity index (χ2n) is 5.27. The number of ether oxygens (including phenoxy) is 4. The maximum absolute atomic E-state index is 11.8. The van der Waals surface area contributed by atoms with Gasteiger partial charge in [-0.1, -0.05) is 15.9 Å². The smallest absolute Gasteiger partial charge is 0.322 e. The van der Waals surface area contributed by atoms with Crippen molar-refractivity contribution in [2.24, 2.45) is 5.92 Å². The summed E-state index contributed by atoms with van der Waals surface area (Å²) in [7, 11) is 0. The molecule has 0 aliphatic heterocycles. The Balaban J connectivity index is 4.02. The largest absolute Gasteiger partial charge is 0.465 e. The van der Waals surface area contributed by atoms with Gasteiger partial charge in [0, 0.05) is 19.6 Å². The predicted molar refractivity (Wildman–Crippen MR) is 85.7 cm³/mol. The number of carbonyl (C=O) groups is 2. The average Bonchev–Trinajstić information content (AvgIpc) is 2.43. The summed E-state index contributed by atoms with van der Waals surface area (Å²) in [4.78, 5) is 23.4. The molecule has 0 saturated heterocycles. The second-order valence-corrected chi connectivity index (χ2v) is 7.25. The summed E-state index contributed by atoms with van der Waals surface area (Å²) in [5.41, 5.74) is 0. The van der Waals surface area contributed by atoms with Crippen molar-refractivity contribution in [2.75, 3.05) is 26.4 Å². The van der Waals surface area contributed by atoms with E-state index < -0.39 is 22.2 Å². The first-order valence-electron chi connectivity index (χ1n) is 7.48. The number of halogens is 1. The van der Waals surface area contributed by atoms with E-state index in [4.69, 9.17) is 18.9 Å². The van der Waals surface area contributed by atoms with Gasteiger partial charge >= 0.3 is 11.9 Å². The Labute approximate surface area is 140 Å². The number of rotatable bonds is 11. The first-order chi connectivity index (χ1) is 10.2.